The number of rotatable bonds is 5. The van der Waals surface area contributed by atoms with E-state index < -0.39 is 0 Å². The minimum absolute atomic E-state index is 0.851. The van der Waals surface area contributed by atoms with Gasteiger partial charge in [-0.05, 0) is 79.9 Å². The quantitative estimate of drug-likeness (QED) is 0.840. The molecule has 0 saturated carbocycles. The molecule has 96 valence electrons. The van der Waals surface area contributed by atoms with Gasteiger partial charge in [-0.15, -0.1) is 11.3 Å². The molecule has 0 aliphatic carbocycles. The first kappa shape index (κ1) is 13.5. The van der Waals surface area contributed by atoms with Gasteiger partial charge >= 0.3 is 0 Å². The van der Waals surface area contributed by atoms with Crippen molar-refractivity contribution >= 4 is 27.3 Å². The van der Waals surface area contributed by atoms with Gasteiger partial charge in [-0.1, -0.05) is 0 Å². The fraction of sp³-hybridized carbons (Fsp3) is 0.692. The van der Waals surface area contributed by atoms with Crippen molar-refractivity contribution in [1.82, 2.24) is 10.2 Å². The zero-order valence-corrected chi connectivity index (χ0v) is 12.8. The number of thiophene rings is 1. The van der Waals surface area contributed by atoms with Crippen molar-refractivity contribution in [2.45, 2.75) is 19.3 Å². The molecular weight excluding hydrogens is 296 g/mol. The van der Waals surface area contributed by atoms with Crippen LogP contribution in [0.25, 0.3) is 0 Å². The molecule has 1 aliphatic heterocycles. The van der Waals surface area contributed by atoms with E-state index in [4.69, 9.17) is 0 Å². The van der Waals surface area contributed by atoms with Gasteiger partial charge < -0.3 is 10.2 Å². The summed E-state index contributed by atoms with van der Waals surface area (Å²) in [5, 5.41) is 3.60. The molecule has 1 atom stereocenters. The van der Waals surface area contributed by atoms with Crippen LogP contribution in [0.2, 0.25) is 0 Å². The smallest absolute Gasteiger partial charge is 0.0701 e. The molecule has 0 radical (unpaired) electrons. The predicted molar refractivity (Wildman–Crippen MR) is 78.8 cm³/mol. The number of nitrogens with one attached hydrogen (secondary N) is 1. The topological polar surface area (TPSA) is 15.3 Å². The van der Waals surface area contributed by atoms with E-state index in [2.05, 4.69) is 45.3 Å². The summed E-state index contributed by atoms with van der Waals surface area (Å²) in [6.45, 7) is 4.82. The van der Waals surface area contributed by atoms with Gasteiger partial charge in [-0.25, -0.2) is 0 Å². The molecule has 17 heavy (non-hydrogen) atoms. The van der Waals surface area contributed by atoms with Gasteiger partial charge in [0.25, 0.3) is 0 Å². The van der Waals surface area contributed by atoms with Crippen LogP contribution in [0.5, 0.6) is 0 Å². The summed E-state index contributed by atoms with van der Waals surface area (Å²) in [6, 6.07) is 4.35. The Labute approximate surface area is 117 Å². The first-order chi connectivity index (χ1) is 8.24. The monoisotopic (exact) mass is 316 g/mol. The molecule has 0 bridgehead atoms. The molecule has 0 spiro atoms. The van der Waals surface area contributed by atoms with E-state index in [0.717, 1.165) is 18.9 Å². The van der Waals surface area contributed by atoms with E-state index in [1.807, 2.05) is 11.3 Å². The summed E-state index contributed by atoms with van der Waals surface area (Å²) in [6.07, 6.45) is 3.90. The Morgan fingerprint density at radius 2 is 2.41 bits per heavy atom. The van der Waals surface area contributed by atoms with Crippen LogP contribution in [0.15, 0.2) is 15.9 Å². The first-order valence-corrected chi connectivity index (χ1v) is 7.98. The lowest BCUT2D eigenvalue weighted by atomic mass is 9.98. The molecule has 0 aromatic carbocycles. The van der Waals surface area contributed by atoms with E-state index in [1.54, 1.807) is 0 Å². The minimum Gasteiger partial charge on any atom is -0.316 e. The summed E-state index contributed by atoms with van der Waals surface area (Å²) >= 11 is 5.35. The highest BCUT2D eigenvalue weighted by molar-refractivity contribution is 9.11. The summed E-state index contributed by atoms with van der Waals surface area (Å²) < 4.78 is 1.24. The molecule has 1 saturated heterocycles. The Bertz CT molecular complexity index is 340. The second-order valence-electron chi connectivity index (χ2n) is 4.93. The molecule has 1 aliphatic rings. The number of halogens is 1. The van der Waals surface area contributed by atoms with Crippen molar-refractivity contribution in [2.24, 2.45) is 5.92 Å². The third kappa shape index (κ3) is 4.70. The molecule has 1 fully saturated rings. The number of hydrogen-bond donors (Lipinski definition) is 1. The van der Waals surface area contributed by atoms with Crippen LogP contribution in [-0.4, -0.2) is 38.1 Å². The van der Waals surface area contributed by atoms with Gasteiger partial charge in [-0.2, -0.15) is 0 Å². The molecule has 4 heteroatoms. The van der Waals surface area contributed by atoms with Gasteiger partial charge in [0, 0.05) is 11.4 Å². The Morgan fingerprint density at radius 1 is 1.53 bits per heavy atom. The highest BCUT2D eigenvalue weighted by Gasteiger charge is 2.16. The standard InChI is InChI=1S/C13H21BrN2S/c1-16-8-2-3-11(10-16)9-15-7-6-12-4-5-13(14)17-12/h4-5,11,15H,2-3,6-10H2,1H3. The lowest BCUT2D eigenvalue weighted by Crippen LogP contribution is -2.37. The van der Waals surface area contributed by atoms with Crippen molar-refractivity contribution in [3.63, 3.8) is 0 Å². The molecule has 0 amide bonds. The molecule has 1 unspecified atom stereocenters. The van der Waals surface area contributed by atoms with Crippen LogP contribution >= 0.6 is 27.3 Å². The van der Waals surface area contributed by atoms with Crippen LogP contribution in [0.4, 0.5) is 0 Å². The van der Waals surface area contributed by atoms with E-state index in [-0.39, 0.29) is 0 Å². The van der Waals surface area contributed by atoms with Crippen LogP contribution in [-0.2, 0) is 6.42 Å². The highest BCUT2D eigenvalue weighted by atomic mass is 79.9. The van der Waals surface area contributed by atoms with Crippen LogP contribution in [0, 0.1) is 5.92 Å². The maximum absolute atomic E-state index is 3.60. The van der Waals surface area contributed by atoms with E-state index in [0.29, 0.717) is 0 Å². The highest BCUT2D eigenvalue weighted by Crippen LogP contribution is 2.22. The molecule has 2 rings (SSSR count). The fourth-order valence-corrected chi connectivity index (χ4v) is 3.93. The number of likely N-dealkylation sites (tertiary alicyclic amines) is 1. The Morgan fingerprint density at radius 3 is 3.12 bits per heavy atom. The molecule has 2 nitrogen and oxygen atoms in total. The second kappa shape index (κ2) is 6.88. The third-order valence-electron chi connectivity index (χ3n) is 3.33. The van der Waals surface area contributed by atoms with Crippen LogP contribution in [0.3, 0.4) is 0 Å². The molecule has 2 heterocycles. The summed E-state index contributed by atoms with van der Waals surface area (Å²) in [4.78, 5) is 3.91. The Balaban J connectivity index is 1.59. The number of nitrogens with zero attached hydrogens (tertiary/aromatic N) is 1. The second-order valence-corrected chi connectivity index (χ2v) is 7.48. The van der Waals surface area contributed by atoms with Gasteiger partial charge in [0.1, 0.15) is 0 Å². The maximum atomic E-state index is 3.60. The van der Waals surface area contributed by atoms with Gasteiger partial charge in [-0.3, -0.25) is 0 Å². The van der Waals surface area contributed by atoms with Gasteiger partial charge in [0.15, 0.2) is 0 Å². The lowest BCUT2D eigenvalue weighted by Gasteiger charge is -2.29. The fourth-order valence-electron chi connectivity index (χ4n) is 2.44. The Kier molecular flexibility index (Phi) is 5.48. The van der Waals surface area contributed by atoms with Crippen molar-refractivity contribution in [2.75, 3.05) is 33.2 Å². The zero-order chi connectivity index (χ0) is 12.1. The summed E-state index contributed by atoms with van der Waals surface area (Å²) in [5.74, 6) is 0.851. The zero-order valence-electron chi connectivity index (χ0n) is 10.4. The van der Waals surface area contributed by atoms with Crippen molar-refractivity contribution in [3.05, 3.63) is 20.8 Å². The SMILES string of the molecule is CN1CCCC(CNCCc2ccc(Br)s2)C1. The van der Waals surface area contributed by atoms with Crippen LogP contribution in [0.1, 0.15) is 17.7 Å². The first-order valence-electron chi connectivity index (χ1n) is 6.37. The average Bonchev–Trinajstić information content (AvgIpc) is 2.71. The molecule has 1 N–H and O–H groups in total. The summed E-state index contributed by atoms with van der Waals surface area (Å²) in [7, 11) is 2.23. The largest absolute Gasteiger partial charge is 0.316 e. The normalized spacial score (nSPS) is 21.9. The maximum Gasteiger partial charge on any atom is 0.0701 e. The van der Waals surface area contributed by atoms with E-state index in [1.165, 1.54) is 41.1 Å². The van der Waals surface area contributed by atoms with Gasteiger partial charge in [0.05, 0.1) is 3.79 Å². The summed E-state index contributed by atoms with van der Waals surface area (Å²) in [5.41, 5.74) is 0. The predicted octanol–water partition coefficient (Wildman–Crippen LogP) is 2.98. The van der Waals surface area contributed by atoms with Crippen LogP contribution < -0.4 is 5.32 Å². The minimum atomic E-state index is 0.851. The van der Waals surface area contributed by atoms with Crippen molar-refractivity contribution in [3.8, 4) is 0 Å². The molecule has 1 aromatic rings. The van der Waals surface area contributed by atoms with Crippen molar-refractivity contribution in [1.29, 1.82) is 0 Å². The van der Waals surface area contributed by atoms with Gasteiger partial charge in [0.2, 0.25) is 0 Å². The van der Waals surface area contributed by atoms with E-state index in [9.17, 15) is 0 Å². The Hall–Kier alpha value is 0.1000. The molecule has 1 aromatic heterocycles. The number of piperidine rings is 1. The number of hydrogen-bond acceptors (Lipinski definition) is 3. The lowest BCUT2D eigenvalue weighted by molar-refractivity contribution is 0.206. The van der Waals surface area contributed by atoms with Crippen molar-refractivity contribution < 1.29 is 0 Å². The third-order valence-corrected chi connectivity index (χ3v) is 5.02. The average molecular weight is 317 g/mol. The van der Waals surface area contributed by atoms with E-state index >= 15 is 0 Å². The molecular formula is C13H21BrN2S.